The molecule has 1 amide bonds. The van der Waals surface area contributed by atoms with Crippen LogP contribution in [0.2, 0.25) is 0 Å². The van der Waals surface area contributed by atoms with Crippen LogP contribution in [0.1, 0.15) is 40.0 Å². The van der Waals surface area contributed by atoms with Crippen molar-refractivity contribution in [1.29, 1.82) is 0 Å². The Labute approximate surface area is 102 Å². The van der Waals surface area contributed by atoms with E-state index in [2.05, 4.69) is 11.2 Å². The summed E-state index contributed by atoms with van der Waals surface area (Å²) >= 11 is 0. The molecule has 0 aliphatic carbocycles. The molecule has 2 N–H and O–H groups in total. The van der Waals surface area contributed by atoms with Crippen molar-refractivity contribution in [3.05, 3.63) is 0 Å². The lowest BCUT2D eigenvalue weighted by molar-refractivity contribution is -0.139. The van der Waals surface area contributed by atoms with E-state index in [1.165, 1.54) is 0 Å². The van der Waals surface area contributed by atoms with Crippen molar-refractivity contribution < 1.29 is 19.4 Å². The average molecular weight is 241 g/mol. The normalized spacial score (nSPS) is 12.4. The van der Waals surface area contributed by atoms with Crippen LogP contribution in [0, 0.1) is 12.3 Å². The number of amides is 1. The van der Waals surface area contributed by atoms with Gasteiger partial charge in [0.15, 0.2) is 0 Å². The summed E-state index contributed by atoms with van der Waals surface area (Å²) < 4.78 is 4.97. The van der Waals surface area contributed by atoms with E-state index in [9.17, 15) is 9.59 Å². The fourth-order valence-corrected chi connectivity index (χ4v) is 1.12. The number of carboxylic acids is 1. The number of nitrogens with one attached hydrogen (secondary N) is 1. The number of hydrogen-bond acceptors (Lipinski definition) is 3. The Morgan fingerprint density at radius 2 is 2.06 bits per heavy atom. The smallest absolute Gasteiger partial charge is 0.408 e. The highest BCUT2D eigenvalue weighted by Crippen LogP contribution is 2.08. The second kappa shape index (κ2) is 6.79. The van der Waals surface area contributed by atoms with E-state index in [1.54, 1.807) is 20.8 Å². The Morgan fingerprint density at radius 3 is 2.47 bits per heavy atom. The van der Waals surface area contributed by atoms with Crippen molar-refractivity contribution >= 4 is 12.1 Å². The number of ether oxygens (including phenoxy) is 1. The van der Waals surface area contributed by atoms with Crippen LogP contribution in [0.3, 0.4) is 0 Å². The maximum absolute atomic E-state index is 11.4. The number of carbonyl (C=O) groups excluding carboxylic acids is 1. The molecule has 5 nitrogen and oxygen atoms in total. The van der Waals surface area contributed by atoms with Gasteiger partial charge in [-0.25, -0.2) is 9.59 Å². The molecular weight excluding hydrogens is 222 g/mol. The van der Waals surface area contributed by atoms with Crippen LogP contribution < -0.4 is 5.32 Å². The first-order valence-corrected chi connectivity index (χ1v) is 5.42. The van der Waals surface area contributed by atoms with Crippen LogP contribution in [0.25, 0.3) is 0 Å². The summed E-state index contributed by atoms with van der Waals surface area (Å²) in [5.41, 5.74) is -0.647. The topological polar surface area (TPSA) is 75.6 Å². The van der Waals surface area contributed by atoms with E-state index < -0.39 is 23.7 Å². The van der Waals surface area contributed by atoms with Crippen LogP contribution in [0.5, 0.6) is 0 Å². The van der Waals surface area contributed by atoms with Crippen LogP contribution in [-0.4, -0.2) is 28.8 Å². The Hall–Kier alpha value is -1.70. The van der Waals surface area contributed by atoms with Gasteiger partial charge in [-0.2, -0.15) is 0 Å². The summed E-state index contributed by atoms with van der Waals surface area (Å²) in [5, 5.41) is 11.2. The van der Waals surface area contributed by atoms with Gasteiger partial charge >= 0.3 is 12.1 Å². The van der Waals surface area contributed by atoms with E-state index in [4.69, 9.17) is 16.3 Å². The molecule has 96 valence electrons. The fourth-order valence-electron chi connectivity index (χ4n) is 1.12. The van der Waals surface area contributed by atoms with Crippen LogP contribution in [0.15, 0.2) is 0 Å². The third-order valence-electron chi connectivity index (χ3n) is 1.80. The van der Waals surface area contributed by atoms with Gasteiger partial charge in [0.25, 0.3) is 0 Å². The molecule has 0 heterocycles. The first-order valence-electron chi connectivity index (χ1n) is 5.42. The molecule has 0 aromatic rings. The summed E-state index contributed by atoms with van der Waals surface area (Å²) in [6.07, 6.45) is 5.66. The van der Waals surface area contributed by atoms with E-state index in [-0.39, 0.29) is 0 Å². The second-order valence-electron chi connectivity index (χ2n) is 4.63. The number of unbranched alkanes of at least 4 members (excludes halogenated alkanes) is 1. The number of carboxylic acid groups (broad SMARTS) is 1. The van der Waals surface area contributed by atoms with Crippen molar-refractivity contribution in [2.45, 2.75) is 51.7 Å². The zero-order valence-electron chi connectivity index (χ0n) is 10.4. The average Bonchev–Trinajstić information content (AvgIpc) is 2.13. The fraction of sp³-hybridized carbons (Fsp3) is 0.667. The van der Waals surface area contributed by atoms with Crippen LogP contribution >= 0.6 is 0 Å². The molecule has 0 aromatic heterocycles. The Morgan fingerprint density at radius 1 is 1.47 bits per heavy atom. The van der Waals surface area contributed by atoms with Crippen LogP contribution in [0.4, 0.5) is 4.79 Å². The standard InChI is InChI=1S/C12H19NO4/c1-5-6-7-8-9(10(14)15)13-11(16)17-12(2,3)4/h1,9H,6-8H2,2-4H3,(H,13,16)(H,14,15)/t9-/m1/s1. The summed E-state index contributed by atoms with van der Waals surface area (Å²) in [6.45, 7) is 5.13. The summed E-state index contributed by atoms with van der Waals surface area (Å²) in [7, 11) is 0. The van der Waals surface area contributed by atoms with Gasteiger partial charge < -0.3 is 15.2 Å². The van der Waals surface area contributed by atoms with Gasteiger partial charge in [-0.1, -0.05) is 0 Å². The van der Waals surface area contributed by atoms with E-state index in [0.29, 0.717) is 19.3 Å². The summed E-state index contributed by atoms with van der Waals surface area (Å²) in [4.78, 5) is 22.2. The summed E-state index contributed by atoms with van der Waals surface area (Å²) in [6, 6.07) is -0.960. The quantitative estimate of drug-likeness (QED) is 0.568. The SMILES string of the molecule is C#CCCC[C@@H](NC(=O)OC(C)(C)C)C(=O)O. The Bertz CT molecular complexity index is 311. The monoisotopic (exact) mass is 241 g/mol. The minimum Gasteiger partial charge on any atom is -0.480 e. The van der Waals surface area contributed by atoms with E-state index in [0.717, 1.165) is 0 Å². The van der Waals surface area contributed by atoms with Crippen molar-refractivity contribution in [1.82, 2.24) is 5.32 Å². The summed E-state index contributed by atoms with van der Waals surface area (Å²) in [5.74, 6) is 1.33. The van der Waals surface area contributed by atoms with E-state index in [1.807, 2.05) is 0 Å². The second-order valence-corrected chi connectivity index (χ2v) is 4.63. The lowest BCUT2D eigenvalue weighted by Crippen LogP contribution is -2.43. The molecule has 5 heteroatoms. The molecule has 0 aromatic carbocycles. The molecule has 0 rings (SSSR count). The van der Waals surface area contributed by atoms with Gasteiger partial charge in [-0.05, 0) is 33.6 Å². The lowest BCUT2D eigenvalue weighted by Gasteiger charge is -2.21. The predicted octanol–water partition coefficient (Wildman–Crippen LogP) is 1.77. The number of carbonyl (C=O) groups is 2. The highest BCUT2D eigenvalue weighted by Gasteiger charge is 2.23. The molecule has 0 saturated heterocycles. The first-order chi connectivity index (χ1) is 7.76. The third kappa shape index (κ3) is 8.14. The first kappa shape index (κ1) is 15.3. The van der Waals surface area contributed by atoms with Gasteiger partial charge in [0.2, 0.25) is 0 Å². The Kier molecular flexibility index (Phi) is 6.11. The minimum absolute atomic E-state index is 0.290. The molecule has 0 unspecified atom stereocenters. The molecule has 0 aliphatic rings. The van der Waals surface area contributed by atoms with Gasteiger partial charge in [-0.15, -0.1) is 12.3 Å². The highest BCUT2D eigenvalue weighted by atomic mass is 16.6. The molecule has 0 aliphatic heterocycles. The van der Waals surface area contributed by atoms with Crippen molar-refractivity contribution in [2.24, 2.45) is 0 Å². The number of aliphatic carboxylic acids is 1. The van der Waals surface area contributed by atoms with Crippen molar-refractivity contribution in [3.63, 3.8) is 0 Å². The number of alkyl carbamates (subject to hydrolysis) is 1. The van der Waals surface area contributed by atoms with Gasteiger partial charge in [0.05, 0.1) is 0 Å². The maximum Gasteiger partial charge on any atom is 0.408 e. The molecule has 0 fully saturated rings. The molecular formula is C12H19NO4. The zero-order chi connectivity index (χ0) is 13.5. The highest BCUT2D eigenvalue weighted by molar-refractivity contribution is 5.79. The third-order valence-corrected chi connectivity index (χ3v) is 1.80. The minimum atomic E-state index is -1.09. The maximum atomic E-state index is 11.4. The number of hydrogen-bond donors (Lipinski definition) is 2. The van der Waals surface area contributed by atoms with Crippen LogP contribution in [-0.2, 0) is 9.53 Å². The number of terminal acetylenes is 1. The van der Waals surface area contributed by atoms with Gasteiger partial charge in [0.1, 0.15) is 11.6 Å². The largest absolute Gasteiger partial charge is 0.480 e. The van der Waals surface area contributed by atoms with E-state index >= 15 is 0 Å². The molecule has 0 radical (unpaired) electrons. The molecule has 17 heavy (non-hydrogen) atoms. The number of rotatable bonds is 5. The predicted molar refractivity (Wildman–Crippen MR) is 63.5 cm³/mol. The molecule has 0 spiro atoms. The van der Waals surface area contributed by atoms with Crippen molar-refractivity contribution in [2.75, 3.05) is 0 Å². The lowest BCUT2D eigenvalue weighted by atomic mass is 10.1. The Balaban J connectivity index is 4.22. The molecule has 1 atom stereocenters. The van der Waals surface area contributed by atoms with Gasteiger partial charge in [0, 0.05) is 6.42 Å². The van der Waals surface area contributed by atoms with Gasteiger partial charge in [-0.3, -0.25) is 0 Å². The zero-order valence-corrected chi connectivity index (χ0v) is 10.4. The molecule has 0 saturated carbocycles. The van der Waals surface area contributed by atoms with Crippen molar-refractivity contribution in [3.8, 4) is 12.3 Å². The molecule has 0 bridgehead atoms.